The van der Waals surface area contributed by atoms with Crippen molar-refractivity contribution in [3.63, 3.8) is 0 Å². The summed E-state index contributed by atoms with van der Waals surface area (Å²) in [5, 5.41) is 8.59. The van der Waals surface area contributed by atoms with E-state index in [1.807, 2.05) is 0 Å². The number of anilines is 1. The van der Waals surface area contributed by atoms with E-state index in [0.717, 1.165) is 38.6 Å². The van der Waals surface area contributed by atoms with Gasteiger partial charge in [0.2, 0.25) is 0 Å². The number of carbonyl (C=O) groups excluding carboxylic acids is 2. The molecule has 1 fully saturated rings. The van der Waals surface area contributed by atoms with Crippen molar-refractivity contribution in [3.05, 3.63) is 11.1 Å². The minimum Gasteiger partial charge on any atom is -0.448 e. The Hall–Kier alpha value is -1.63. The minimum absolute atomic E-state index is 0.196. The third-order valence-electron chi connectivity index (χ3n) is 4.57. The maximum atomic E-state index is 12.3. The van der Waals surface area contributed by atoms with Gasteiger partial charge in [-0.1, -0.05) is 39.5 Å². The van der Waals surface area contributed by atoms with E-state index in [-0.39, 0.29) is 17.6 Å². The Kier molecular flexibility index (Phi) is 8.35. The summed E-state index contributed by atoms with van der Waals surface area (Å²) < 4.78 is 5.29. The lowest BCUT2D eigenvalue weighted by molar-refractivity contribution is -0.129. The summed E-state index contributed by atoms with van der Waals surface area (Å²) in [4.78, 5) is 28.7. The summed E-state index contributed by atoms with van der Waals surface area (Å²) in [5.41, 5.74) is 0.246. The van der Waals surface area contributed by atoms with E-state index in [0.29, 0.717) is 11.0 Å². The van der Waals surface area contributed by atoms with E-state index in [4.69, 9.17) is 4.74 Å². The topological polar surface area (TPSA) is 80.3 Å². The predicted octanol–water partition coefficient (Wildman–Crippen LogP) is 3.99. The molecule has 0 radical (unpaired) electrons. The van der Waals surface area contributed by atoms with Crippen LogP contribution in [-0.2, 0) is 9.53 Å². The van der Waals surface area contributed by atoms with E-state index in [1.54, 1.807) is 12.3 Å². The van der Waals surface area contributed by atoms with Gasteiger partial charge < -0.3 is 15.4 Å². The molecular formula is C19H31N3O3S. The zero-order valence-corrected chi connectivity index (χ0v) is 16.9. The van der Waals surface area contributed by atoms with Crippen LogP contribution in [0.4, 0.5) is 5.13 Å². The van der Waals surface area contributed by atoms with Gasteiger partial charge in [-0.05, 0) is 32.1 Å². The highest BCUT2D eigenvalue weighted by Gasteiger charge is 2.23. The van der Waals surface area contributed by atoms with Gasteiger partial charge in [0.15, 0.2) is 16.9 Å². The monoisotopic (exact) mass is 381 g/mol. The molecule has 0 bridgehead atoms. The van der Waals surface area contributed by atoms with E-state index in [9.17, 15) is 9.59 Å². The van der Waals surface area contributed by atoms with Gasteiger partial charge in [-0.25, -0.2) is 9.78 Å². The normalized spacial score (nSPS) is 16.8. The van der Waals surface area contributed by atoms with Crippen LogP contribution < -0.4 is 10.6 Å². The van der Waals surface area contributed by atoms with Crippen molar-refractivity contribution in [2.24, 2.45) is 5.92 Å². The Balaban J connectivity index is 1.78. The summed E-state index contributed by atoms with van der Waals surface area (Å²) in [6.07, 6.45) is 6.98. The molecule has 1 heterocycles. The molecule has 0 saturated heterocycles. The van der Waals surface area contributed by atoms with Gasteiger partial charge in [0.1, 0.15) is 0 Å². The number of thiazole rings is 1. The minimum atomic E-state index is -0.815. The van der Waals surface area contributed by atoms with E-state index >= 15 is 0 Å². The van der Waals surface area contributed by atoms with Crippen molar-refractivity contribution in [1.82, 2.24) is 10.3 Å². The van der Waals surface area contributed by atoms with Crippen LogP contribution in [0.5, 0.6) is 0 Å². The quantitative estimate of drug-likeness (QED) is 0.526. The second-order valence-electron chi connectivity index (χ2n) is 7.39. The Morgan fingerprint density at radius 3 is 2.58 bits per heavy atom. The molecule has 26 heavy (non-hydrogen) atoms. The molecule has 1 aromatic rings. The first-order valence-electron chi connectivity index (χ1n) is 9.66. The lowest BCUT2D eigenvalue weighted by atomic mass is 10.1. The second-order valence-corrected chi connectivity index (χ2v) is 8.25. The molecule has 1 aromatic heterocycles. The zero-order valence-electron chi connectivity index (χ0n) is 16.0. The van der Waals surface area contributed by atoms with E-state index in [1.165, 1.54) is 24.2 Å². The molecule has 7 heteroatoms. The summed E-state index contributed by atoms with van der Waals surface area (Å²) in [6.45, 7) is 6.75. The van der Waals surface area contributed by atoms with Gasteiger partial charge in [0.25, 0.3) is 5.91 Å². The van der Waals surface area contributed by atoms with Crippen LogP contribution in [0.15, 0.2) is 5.38 Å². The number of amides is 1. The first-order chi connectivity index (χ1) is 12.5. The standard InChI is InChI=1S/C19H31N3O3S/c1-13(2)10-11-20-19-22-16(12-26-19)18(24)25-14(3)17(23)21-15-8-6-4-5-7-9-15/h12-15H,4-11H2,1-3H3,(H,20,22)(H,21,23)/t14-/m1/s1. The second kappa shape index (κ2) is 10.5. The number of carbonyl (C=O) groups is 2. The van der Waals surface area contributed by atoms with Crippen LogP contribution >= 0.6 is 11.3 Å². The fourth-order valence-corrected chi connectivity index (χ4v) is 3.64. The average molecular weight is 382 g/mol. The summed E-state index contributed by atoms with van der Waals surface area (Å²) >= 11 is 1.37. The van der Waals surface area contributed by atoms with Crippen LogP contribution in [0.25, 0.3) is 0 Å². The van der Waals surface area contributed by atoms with Gasteiger partial charge in [0, 0.05) is 18.0 Å². The summed E-state index contributed by atoms with van der Waals surface area (Å²) in [7, 11) is 0. The number of esters is 1. The van der Waals surface area contributed by atoms with Crippen molar-refractivity contribution in [3.8, 4) is 0 Å². The first-order valence-corrected chi connectivity index (χ1v) is 10.5. The van der Waals surface area contributed by atoms with Crippen molar-refractivity contribution in [2.45, 2.75) is 77.9 Å². The molecule has 1 atom stereocenters. The van der Waals surface area contributed by atoms with Crippen molar-refractivity contribution < 1.29 is 14.3 Å². The number of ether oxygens (including phenoxy) is 1. The van der Waals surface area contributed by atoms with Gasteiger partial charge in [-0.2, -0.15) is 0 Å². The largest absolute Gasteiger partial charge is 0.448 e. The zero-order chi connectivity index (χ0) is 18.9. The van der Waals surface area contributed by atoms with Crippen LogP contribution in [-0.4, -0.2) is 35.6 Å². The third-order valence-corrected chi connectivity index (χ3v) is 5.37. The maximum Gasteiger partial charge on any atom is 0.358 e. The smallest absolute Gasteiger partial charge is 0.358 e. The number of nitrogens with one attached hydrogen (secondary N) is 2. The predicted molar refractivity (Wildman–Crippen MR) is 105 cm³/mol. The van der Waals surface area contributed by atoms with E-state index < -0.39 is 12.1 Å². The van der Waals surface area contributed by atoms with Crippen molar-refractivity contribution >= 4 is 28.3 Å². The molecule has 6 nitrogen and oxygen atoms in total. The number of hydrogen-bond donors (Lipinski definition) is 2. The summed E-state index contributed by atoms with van der Waals surface area (Å²) in [5.74, 6) is -0.169. The summed E-state index contributed by atoms with van der Waals surface area (Å²) in [6, 6.07) is 0.196. The number of nitrogens with zero attached hydrogens (tertiary/aromatic N) is 1. The lowest BCUT2D eigenvalue weighted by Gasteiger charge is -2.19. The SMILES string of the molecule is CC(C)CCNc1nc(C(=O)O[C@H](C)C(=O)NC2CCCCCC2)cs1. The van der Waals surface area contributed by atoms with E-state index in [2.05, 4.69) is 29.5 Å². The average Bonchev–Trinajstić information content (AvgIpc) is 2.91. The number of rotatable bonds is 8. The van der Waals surface area contributed by atoms with Crippen LogP contribution in [0.2, 0.25) is 0 Å². The molecule has 1 amide bonds. The Bertz CT molecular complexity index is 580. The molecule has 1 saturated carbocycles. The van der Waals surface area contributed by atoms with Gasteiger partial charge in [-0.15, -0.1) is 11.3 Å². The Morgan fingerprint density at radius 1 is 1.23 bits per heavy atom. The first kappa shape index (κ1) is 20.7. The van der Waals surface area contributed by atoms with Crippen LogP contribution in [0, 0.1) is 5.92 Å². The molecule has 0 aromatic carbocycles. The highest BCUT2D eigenvalue weighted by Crippen LogP contribution is 2.19. The lowest BCUT2D eigenvalue weighted by Crippen LogP contribution is -2.41. The highest BCUT2D eigenvalue weighted by molar-refractivity contribution is 7.13. The van der Waals surface area contributed by atoms with Crippen LogP contribution in [0.1, 0.15) is 76.2 Å². The van der Waals surface area contributed by atoms with Crippen molar-refractivity contribution in [2.75, 3.05) is 11.9 Å². The van der Waals surface area contributed by atoms with Gasteiger partial charge in [-0.3, -0.25) is 4.79 Å². The molecule has 1 aliphatic rings. The van der Waals surface area contributed by atoms with Crippen LogP contribution in [0.3, 0.4) is 0 Å². The molecule has 146 valence electrons. The Labute approximate surface area is 160 Å². The molecule has 2 N–H and O–H groups in total. The fraction of sp³-hybridized carbons (Fsp3) is 0.737. The maximum absolute atomic E-state index is 12.3. The molecule has 0 unspecified atom stereocenters. The third kappa shape index (κ3) is 6.94. The number of hydrogen-bond acceptors (Lipinski definition) is 6. The van der Waals surface area contributed by atoms with Gasteiger partial charge >= 0.3 is 5.97 Å². The van der Waals surface area contributed by atoms with Gasteiger partial charge in [0.05, 0.1) is 0 Å². The molecule has 0 spiro atoms. The van der Waals surface area contributed by atoms with Crippen molar-refractivity contribution in [1.29, 1.82) is 0 Å². The highest BCUT2D eigenvalue weighted by atomic mass is 32.1. The molecule has 1 aliphatic carbocycles. The number of aromatic nitrogens is 1. The Morgan fingerprint density at radius 2 is 1.92 bits per heavy atom. The molecule has 0 aliphatic heterocycles. The molecule has 2 rings (SSSR count). The fourth-order valence-electron chi connectivity index (χ4n) is 2.93. The molecular weight excluding hydrogens is 350 g/mol.